The molecule has 1 fully saturated rings. The Hall–Kier alpha value is -1.61. The Morgan fingerprint density at radius 2 is 2.12 bits per heavy atom. The highest BCUT2D eigenvalue weighted by Gasteiger charge is 2.20. The Bertz CT molecular complexity index is 503. The minimum Gasteiger partial charge on any atom is -0.472 e. The van der Waals surface area contributed by atoms with Crippen LogP contribution in [0, 0.1) is 5.82 Å². The molecule has 0 radical (unpaired) electrons. The number of rotatable bonds is 4. The van der Waals surface area contributed by atoms with Gasteiger partial charge in [0.2, 0.25) is 0 Å². The fourth-order valence-corrected chi connectivity index (χ4v) is 1.84. The number of benzene rings is 1. The van der Waals surface area contributed by atoms with Crippen LogP contribution in [0.5, 0.6) is 0 Å². The minimum atomic E-state index is -0.156. The molecular weight excluding hydrogens is 217 g/mol. The third kappa shape index (κ3) is 2.39. The summed E-state index contributed by atoms with van der Waals surface area (Å²) in [5.74, 6) is -0.156. The van der Waals surface area contributed by atoms with Gasteiger partial charge in [0.25, 0.3) is 0 Å². The zero-order valence-electron chi connectivity index (χ0n) is 9.45. The normalized spacial score (nSPS) is 15.1. The molecule has 0 bridgehead atoms. The first-order chi connectivity index (χ1) is 8.33. The summed E-state index contributed by atoms with van der Waals surface area (Å²) in [5.41, 5.74) is 2.49. The molecule has 0 aliphatic heterocycles. The van der Waals surface area contributed by atoms with Gasteiger partial charge in [0, 0.05) is 23.7 Å². The fourth-order valence-electron chi connectivity index (χ4n) is 1.84. The van der Waals surface area contributed by atoms with Gasteiger partial charge in [-0.25, -0.2) is 4.39 Å². The second-order valence-corrected chi connectivity index (χ2v) is 4.47. The van der Waals surface area contributed by atoms with Gasteiger partial charge in [-0.1, -0.05) is 12.1 Å². The molecule has 2 nitrogen and oxygen atoms in total. The maximum absolute atomic E-state index is 13.8. The van der Waals surface area contributed by atoms with Gasteiger partial charge in [-0.2, -0.15) is 0 Å². The number of halogens is 1. The van der Waals surface area contributed by atoms with Crippen LogP contribution in [0.25, 0.3) is 11.1 Å². The number of furan rings is 1. The molecule has 3 heteroatoms. The van der Waals surface area contributed by atoms with Crippen molar-refractivity contribution in [3.63, 3.8) is 0 Å². The first kappa shape index (κ1) is 10.5. The molecule has 17 heavy (non-hydrogen) atoms. The van der Waals surface area contributed by atoms with Crippen LogP contribution in [0.1, 0.15) is 18.4 Å². The Morgan fingerprint density at radius 3 is 2.76 bits per heavy atom. The molecule has 1 aromatic carbocycles. The lowest BCUT2D eigenvalue weighted by Crippen LogP contribution is -2.16. The molecule has 1 aliphatic rings. The van der Waals surface area contributed by atoms with Crippen molar-refractivity contribution in [3.8, 4) is 11.1 Å². The molecule has 1 heterocycles. The minimum absolute atomic E-state index is 0.156. The molecule has 0 amide bonds. The van der Waals surface area contributed by atoms with E-state index in [1.54, 1.807) is 18.6 Å². The maximum Gasteiger partial charge on any atom is 0.128 e. The molecular formula is C14H14FNO. The summed E-state index contributed by atoms with van der Waals surface area (Å²) in [6.07, 6.45) is 5.65. The average Bonchev–Trinajstić information content (AvgIpc) is 3.00. The standard InChI is InChI=1S/C14H14FNO/c15-14-7-10(12-5-6-17-9-12)1-2-11(14)8-16-13-3-4-13/h1-2,5-7,9,13,16H,3-4,8H2. The van der Waals surface area contributed by atoms with Gasteiger partial charge >= 0.3 is 0 Å². The van der Waals surface area contributed by atoms with E-state index in [-0.39, 0.29) is 5.82 Å². The highest BCUT2D eigenvalue weighted by Crippen LogP contribution is 2.23. The molecule has 0 saturated heterocycles. The van der Waals surface area contributed by atoms with Gasteiger partial charge in [-0.15, -0.1) is 0 Å². The van der Waals surface area contributed by atoms with Crippen molar-refractivity contribution in [1.29, 1.82) is 0 Å². The number of hydrogen-bond donors (Lipinski definition) is 1. The average molecular weight is 231 g/mol. The zero-order valence-corrected chi connectivity index (χ0v) is 9.45. The van der Waals surface area contributed by atoms with Crippen molar-refractivity contribution in [3.05, 3.63) is 48.2 Å². The third-order valence-electron chi connectivity index (χ3n) is 3.07. The smallest absolute Gasteiger partial charge is 0.128 e. The van der Waals surface area contributed by atoms with Crippen LogP contribution in [-0.2, 0) is 6.54 Å². The van der Waals surface area contributed by atoms with Gasteiger partial charge in [0.15, 0.2) is 0 Å². The first-order valence-electron chi connectivity index (χ1n) is 5.87. The Labute approximate surface area is 99.5 Å². The predicted octanol–water partition coefficient (Wildman–Crippen LogP) is 3.34. The molecule has 1 saturated carbocycles. The van der Waals surface area contributed by atoms with Gasteiger partial charge in [0.05, 0.1) is 12.5 Å². The third-order valence-corrected chi connectivity index (χ3v) is 3.07. The molecule has 0 unspecified atom stereocenters. The lowest BCUT2D eigenvalue weighted by molar-refractivity contribution is 0.568. The van der Waals surface area contributed by atoms with Crippen LogP contribution >= 0.6 is 0 Å². The predicted molar refractivity (Wildman–Crippen MR) is 64.0 cm³/mol. The van der Waals surface area contributed by atoms with E-state index in [0.29, 0.717) is 12.6 Å². The summed E-state index contributed by atoms with van der Waals surface area (Å²) in [5, 5.41) is 3.31. The quantitative estimate of drug-likeness (QED) is 0.873. The van der Waals surface area contributed by atoms with Crippen LogP contribution in [0.15, 0.2) is 41.2 Å². The van der Waals surface area contributed by atoms with Crippen LogP contribution in [0.3, 0.4) is 0 Å². The van der Waals surface area contributed by atoms with E-state index in [9.17, 15) is 4.39 Å². The Kier molecular flexibility index (Phi) is 2.69. The molecule has 0 spiro atoms. The SMILES string of the molecule is Fc1cc(-c2ccoc2)ccc1CNC1CC1. The van der Waals surface area contributed by atoms with E-state index in [1.165, 1.54) is 12.8 Å². The van der Waals surface area contributed by atoms with Gasteiger partial charge in [-0.05, 0) is 30.5 Å². The van der Waals surface area contributed by atoms with Crippen LogP contribution in [0.4, 0.5) is 4.39 Å². The van der Waals surface area contributed by atoms with Crippen LogP contribution in [0.2, 0.25) is 0 Å². The maximum atomic E-state index is 13.8. The summed E-state index contributed by atoms with van der Waals surface area (Å²) in [6, 6.07) is 7.76. The highest BCUT2D eigenvalue weighted by molar-refractivity contribution is 5.62. The largest absolute Gasteiger partial charge is 0.472 e. The zero-order chi connectivity index (χ0) is 11.7. The van der Waals surface area contributed by atoms with Crippen molar-refractivity contribution >= 4 is 0 Å². The molecule has 3 rings (SSSR count). The summed E-state index contributed by atoms with van der Waals surface area (Å²) >= 11 is 0. The van der Waals surface area contributed by atoms with E-state index in [4.69, 9.17) is 4.42 Å². The van der Waals surface area contributed by atoms with E-state index >= 15 is 0 Å². The molecule has 88 valence electrons. The van der Waals surface area contributed by atoms with Crippen molar-refractivity contribution in [2.45, 2.75) is 25.4 Å². The first-order valence-corrected chi connectivity index (χ1v) is 5.87. The summed E-state index contributed by atoms with van der Waals surface area (Å²) in [6.45, 7) is 0.613. The van der Waals surface area contributed by atoms with E-state index in [0.717, 1.165) is 16.7 Å². The van der Waals surface area contributed by atoms with Crippen LogP contribution in [-0.4, -0.2) is 6.04 Å². The molecule has 0 atom stereocenters. The second-order valence-electron chi connectivity index (χ2n) is 4.47. The summed E-state index contributed by atoms with van der Waals surface area (Å²) in [4.78, 5) is 0. The summed E-state index contributed by atoms with van der Waals surface area (Å²) in [7, 11) is 0. The van der Waals surface area contributed by atoms with Gasteiger partial charge < -0.3 is 9.73 Å². The molecule has 2 aromatic rings. The van der Waals surface area contributed by atoms with E-state index < -0.39 is 0 Å². The summed E-state index contributed by atoms with van der Waals surface area (Å²) < 4.78 is 18.8. The van der Waals surface area contributed by atoms with Crippen molar-refractivity contribution in [2.24, 2.45) is 0 Å². The van der Waals surface area contributed by atoms with E-state index in [1.807, 2.05) is 18.2 Å². The van der Waals surface area contributed by atoms with Crippen molar-refractivity contribution < 1.29 is 8.81 Å². The lowest BCUT2D eigenvalue weighted by atomic mass is 10.1. The van der Waals surface area contributed by atoms with Crippen molar-refractivity contribution in [1.82, 2.24) is 5.32 Å². The fraction of sp³-hybridized carbons (Fsp3) is 0.286. The van der Waals surface area contributed by atoms with Crippen molar-refractivity contribution in [2.75, 3.05) is 0 Å². The Morgan fingerprint density at radius 1 is 1.24 bits per heavy atom. The van der Waals surface area contributed by atoms with Gasteiger partial charge in [0.1, 0.15) is 5.82 Å². The molecule has 1 aliphatic carbocycles. The number of nitrogens with one attached hydrogen (secondary N) is 1. The lowest BCUT2D eigenvalue weighted by Gasteiger charge is -2.06. The van der Waals surface area contributed by atoms with Crippen LogP contribution < -0.4 is 5.32 Å². The number of hydrogen-bond acceptors (Lipinski definition) is 2. The molecule has 1 N–H and O–H groups in total. The molecule has 1 aromatic heterocycles. The monoisotopic (exact) mass is 231 g/mol. The highest BCUT2D eigenvalue weighted by atomic mass is 19.1. The topological polar surface area (TPSA) is 25.2 Å². The van der Waals surface area contributed by atoms with Gasteiger partial charge in [-0.3, -0.25) is 0 Å². The van der Waals surface area contributed by atoms with E-state index in [2.05, 4.69) is 5.32 Å². The Balaban J connectivity index is 1.78. The second kappa shape index (κ2) is 4.34.